The highest BCUT2D eigenvalue weighted by atomic mass is 14.9. The molecule has 18 heavy (non-hydrogen) atoms. The van der Waals surface area contributed by atoms with E-state index in [-0.39, 0.29) is 0 Å². The molecule has 2 heteroatoms. The van der Waals surface area contributed by atoms with Crippen LogP contribution in [-0.2, 0) is 6.42 Å². The number of nitrogens with zero attached hydrogens (tertiary/aromatic N) is 1. The van der Waals surface area contributed by atoms with Crippen molar-refractivity contribution in [2.45, 2.75) is 26.3 Å². The Morgan fingerprint density at radius 1 is 1.17 bits per heavy atom. The third-order valence-electron chi connectivity index (χ3n) is 3.07. The monoisotopic (exact) mass is 240 g/mol. The Hall–Kier alpha value is -1.67. The van der Waals surface area contributed by atoms with Gasteiger partial charge in [0.25, 0.3) is 0 Å². The second-order valence-corrected chi connectivity index (χ2v) is 4.52. The van der Waals surface area contributed by atoms with Crippen molar-refractivity contribution in [2.24, 2.45) is 0 Å². The zero-order chi connectivity index (χ0) is 12.8. The molecule has 2 rings (SSSR count). The van der Waals surface area contributed by atoms with Crippen LogP contribution in [0.4, 0.5) is 0 Å². The summed E-state index contributed by atoms with van der Waals surface area (Å²) in [5.41, 5.74) is 3.77. The van der Waals surface area contributed by atoms with E-state index in [1.165, 1.54) is 11.1 Å². The van der Waals surface area contributed by atoms with Crippen LogP contribution in [0.15, 0.2) is 48.7 Å². The van der Waals surface area contributed by atoms with Crippen LogP contribution >= 0.6 is 0 Å². The molecule has 0 saturated carbocycles. The van der Waals surface area contributed by atoms with Gasteiger partial charge in [-0.05, 0) is 36.7 Å². The van der Waals surface area contributed by atoms with Gasteiger partial charge in [0.2, 0.25) is 0 Å². The summed E-state index contributed by atoms with van der Waals surface area (Å²) in [4.78, 5) is 4.37. The molecule has 1 N–H and O–H groups in total. The Morgan fingerprint density at radius 3 is 2.78 bits per heavy atom. The number of nitrogens with one attached hydrogen (secondary N) is 1. The molecule has 1 unspecified atom stereocenters. The van der Waals surface area contributed by atoms with Gasteiger partial charge in [0.05, 0.1) is 0 Å². The summed E-state index contributed by atoms with van der Waals surface area (Å²) < 4.78 is 0. The van der Waals surface area contributed by atoms with E-state index in [4.69, 9.17) is 0 Å². The molecule has 1 aromatic carbocycles. The van der Waals surface area contributed by atoms with Gasteiger partial charge in [-0.25, -0.2) is 0 Å². The molecular weight excluding hydrogens is 220 g/mol. The summed E-state index contributed by atoms with van der Waals surface area (Å²) in [6.45, 7) is 5.32. The number of benzene rings is 1. The van der Waals surface area contributed by atoms with Crippen molar-refractivity contribution in [2.75, 3.05) is 6.54 Å². The van der Waals surface area contributed by atoms with Gasteiger partial charge in [-0.3, -0.25) is 4.98 Å². The lowest BCUT2D eigenvalue weighted by atomic mass is 10.0. The topological polar surface area (TPSA) is 24.9 Å². The zero-order valence-electron chi connectivity index (χ0n) is 11.1. The van der Waals surface area contributed by atoms with E-state index in [2.05, 4.69) is 54.5 Å². The second-order valence-electron chi connectivity index (χ2n) is 4.52. The highest BCUT2D eigenvalue weighted by Gasteiger charge is 2.04. The quantitative estimate of drug-likeness (QED) is 0.867. The average Bonchev–Trinajstić information content (AvgIpc) is 2.40. The second kappa shape index (κ2) is 6.31. The molecular formula is C16H20N2. The van der Waals surface area contributed by atoms with Gasteiger partial charge in [0, 0.05) is 24.4 Å². The normalized spacial score (nSPS) is 12.3. The van der Waals surface area contributed by atoms with Crippen LogP contribution in [0, 0.1) is 0 Å². The fourth-order valence-corrected chi connectivity index (χ4v) is 2.11. The molecule has 0 aliphatic carbocycles. The Bertz CT molecular complexity index is 479. The number of pyridine rings is 1. The van der Waals surface area contributed by atoms with Crippen molar-refractivity contribution in [1.82, 2.24) is 10.3 Å². The SMILES string of the molecule is CCNC(C)c1cccc(Cc2ccccn2)c1. The van der Waals surface area contributed by atoms with E-state index in [9.17, 15) is 0 Å². The predicted octanol–water partition coefficient (Wildman–Crippen LogP) is 3.34. The molecule has 2 nitrogen and oxygen atoms in total. The number of hydrogen-bond acceptors (Lipinski definition) is 2. The highest BCUT2D eigenvalue weighted by molar-refractivity contribution is 5.28. The van der Waals surface area contributed by atoms with Crippen LogP contribution in [-0.4, -0.2) is 11.5 Å². The maximum atomic E-state index is 4.37. The largest absolute Gasteiger partial charge is 0.310 e. The Balaban J connectivity index is 2.12. The Labute approximate surface area is 109 Å². The van der Waals surface area contributed by atoms with Crippen LogP contribution in [0.5, 0.6) is 0 Å². The number of rotatable bonds is 5. The van der Waals surface area contributed by atoms with Gasteiger partial charge in [-0.15, -0.1) is 0 Å². The maximum absolute atomic E-state index is 4.37. The van der Waals surface area contributed by atoms with E-state index in [0.717, 1.165) is 18.7 Å². The lowest BCUT2D eigenvalue weighted by Gasteiger charge is -2.13. The molecule has 0 aliphatic heterocycles. The molecule has 0 aliphatic rings. The van der Waals surface area contributed by atoms with Crippen molar-refractivity contribution >= 4 is 0 Å². The molecule has 0 saturated heterocycles. The minimum Gasteiger partial charge on any atom is -0.310 e. The lowest BCUT2D eigenvalue weighted by Crippen LogP contribution is -2.17. The molecule has 94 valence electrons. The summed E-state index contributed by atoms with van der Waals surface area (Å²) in [7, 11) is 0. The van der Waals surface area contributed by atoms with Gasteiger partial charge in [0.1, 0.15) is 0 Å². The van der Waals surface area contributed by atoms with E-state index in [1.807, 2.05) is 18.3 Å². The summed E-state index contributed by atoms with van der Waals surface area (Å²) in [5, 5.41) is 3.44. The molecule has 0 fully saturated rings. The van der Waals surface area contributed by atoms with E-state index < -0.39 is 0 Å². The van der Waals surface area contributed by atoms with Crippen LogP contribution in [0.1, 0.15) is 36.7 Å². The average molecular weight is 240 g/mol. The molecule has 1 heterocycles. The summed E-state index contributed by atoms with van der Waals surface area (Å²) in [6, 6.07) is 15.2. The van der Waals surface area contributed by atoms with Gasteiger partial charge < -0.3 is 5.32 Å². The van der Waals surface area contributed by atoms with Crippen molar-refractivity contribution in [3.05, 3.63) is 65.5 Å². The van der Waals surface area contributed by atoms with Gasteiger partial charge in [-0.1, -0.05) is 37.3 Å². The molecule has 2 aromatic rings. The zero-order valence-corrected chi connectivity index (χ0v) is 11.1. The molecule has 0 radical (unpaired) electrons. The minimum absolute atomic E-state index is 0.402. The number of hydrogen-bond donors (Lipinski definition) is 1. The fourth-order valence-electron chi connectivity index (χ4n) is 2.11. The molecule has 0 bridgehead atoms. The van der Waals surface area contributed by atoms with Crippen LogP contribution in [0.3, 0.4) is 0 Å². The summed E-state index contributed by atoms with van der Waals surface area (Å²) in [6.07, 6.45) is 2.74. The lowest BCUT2D eigenvalue weighted by molar-refractivity contribution is 0.597. The maximum Gasteiger partial charge on any atom is 0.0447 e. The Morgan fingerprint density at radius 2 is 2.06 bits per heavy atom. The number of aromatic nitrogens is 1. The molecule has 1 atom stereocenters. The fraction of sp³-hybridized carbons (Fsp3) is 0.312. The van der Waals surface area contributed by atoms with Crippen LogP contribution in [0.2, 0.25) is 0 Å². The van der Waals surface area contributed by atoms with Crippen LogP contribution < -0.4 is 5.32 Å². The first-order chi connectivity index (χ1) is 8.79. The molecule has 0 amide bonds. The van der Waals surface area contributed by atoms with Gasteiger partial charge in [0.15, 0.2) is 0 Å². The third kappa shape index (κ3) is 3.41. The van der Waals surface area contributed by atoms with Crippen molar-refractivity contribution in [3.8, 4) is 0 Å². The molecule has 1 aromatic heterocycles. The van der Waals surface area contributed by atoms with Gasteiger partial charge in [-0.2, -0.15) is 0 Å². The van der Waals surface area contributed by atoms with Crippen LogP contribution in [0.25, 0.3) is 0 Å². The first-order valence-electron chi connectivity index (χ1n) is 6.51. The standard InChI is InChI=1S/C16H20N2/c1-3-17-13(2)15-8-6-7-14(11-15)12-16-9-4-5-10-18-16/h4-11,13,17H,3,12H2,1-2H3. The molecule has 0 spiro atoms. The smallest absolute Gasteiger partial charge is 0.0447 e. The van der Waals surface area contributed by atoms with E-state index in [0.29, 0.717) is 6.04 Å². The van der Waals surface area contributed by atoms with Crippen molar-refractivity contribution in [1.29, 1.82) is 0 Å². The van der Waals surface area contributed by atoms with Crippen molar-refractivity contribution < 1.29 is 0 Å². The third-order valence-corrected chi connectivity index (χ3v) is 3.07. The van der Waals surface area contributed by atoms with Crippen molar-refractivity contribution in [3.63, 3.8) is 0 Å². The highest BCUT2D eigenvalue weighted by Crippen LogP contribution is 2.15. The summed E-state index contributed by atoms with van der Waals surface area (Å²) in [5.74, 6) is 0. The Kier molecular flexibility index (Phi) is 4.48. The first-order valence-corrected chi connectivity index (χ1v) is 6.51. The van der Waals surface area contributed by atoms with E-state index >= 15 is 0 Å². The first kappa shape index (κ1) is 12.8. The minimum atomic E-state index is 0.402. The predicted molar refractivity (Wildman–Crippen MR) is 75.6 cm³/mol. The van der Waals surface area contributed by atoms with E-state index in [1.54, 1.807) is 0 Å². The summed E-state index contributed by atoms with van der Waals surface area (Å²) >= 11 is 0. The van der Waals surface area contributed by atoms with Gasteiger partial charge >= 0.3 is 0 Å².